The minimum atomic E-state index is -0.749. The fraction of sp³-hybridized carbons (Fsp3) is 0.750. The minimum Gasteiger partial charge on any atom is -0.427 e. The quantitative estimate of drug-likeness (QED) is 0.272. The molecule has 0 unspecified atom stereocenters. The van der Waals surface area contributed by atoms with Crippen molar-refractivity contribution in [2.75, 3.05) is 21.3 Å². The van der Waals surface area contributed by atoms with Gasteiger partial charge < -0.3 is 13.3 Å². The largest absolute Gasteiger partial charge is 0.427 e. The van der Waals surface area contributed by atoms with Crippen LogP contribution in [0.1, 0.15) is 0 Å². The van der Waals surface area contributed by atoms with Crippen LogP contribution in [0, 0.1) is 0 Å². The van der Waals surface area contributed by atoms with Crippen LogP contribution in [0.15, 0.2) is 14.4 Å². The molecular weight excluding hydrogens is 366 g/mol. The molecule has 0 saturated heterocycles. The van der Waals surface area contributed by atoms with E-state index in [4.69, 9.17) is 13.3 Å². The van der Waals surface area contributed by atoms with Crippen LogP contribution in [0.25, 0.3) is 0 Å². The highest BCUT2D eigenvalue weighted by Gasteiger charge is 2.15. The van der Waals surface area contributed by atoms with Gasteiger partial charge >= 0.3 is 17.1 Å². The lowest BCUT2D eigenvalue weighted by Gasteiger charge is -2.13. The second kappa shape index (κ2) is 11.5. The average Bonchev–Trinajstić information content (AvgIpc) is 2.57. The van der Waals surface area contributed by atoms with E-state index in [9.17, 15) is 14.4 Å². The van der Waals surface area contributed by atoms with E-state index in [1.54, 1.807) is 21.3 Å². The Morgan fingerprint density at radius 2 is 0.875 bits per heavy atom. The molecular formula is C12H27N3O6Si3. The molecule has 0 spiro atoms. The molecule has 0 fully saturated rings. The maximum absolute atomic E-state index is 12.5. The van der Waals surface area contributed by atoms with E-state index in [0.29, 0.717) is 37.8 Å². The molecule has 9 nitrogen and oxygen atoms in total. The van der Waals surface area contributed by atoms with Crippen LogP contribution >= 0.6 is 0 Å². The molecule has 0 aliphatic heterocycles. The van der Waals surface area contributed by atoms with E-state index in [2.05, 4.69) is 0 Å². The van der Waals surface area contributed by atoms with E-state index >= 15 is 0 Å². The fourth-order valence-electron chi connectivity index (χ4n) is 2.36. The van der Waals surface area contributed by atoms with Crippen LogP contribution in [0.2, 0.25) is 18.1 Å². The molecule has 0 aliphatic rings. The van der Waals surface area contributed by atoms with Crippen LogP contribution in [0.4, 0.5) is 0 Å². The van der Waals surface area contributed by atoms with Crippen molar-refractivity contribution in [1.29, 1.82) is 0 Å². The van der Waals surface area contributed by atoms with Crippen LogP contribution in [0.5, 0.6) is 0 Å². The van der Waals surface area contributed by atoms with Gasteiger partial charge in [0.15, 0.2) is 29.3 Å². The third-order valence-corrected chi connectivity index (χ3v) is 6.62. The summed E-state index contributed by atoms with van der Waals surface area (Å²) in [4.78, 5) is 37.6. The Bertz CT molecular complexity index is 551. The lowest BCUT2D eigenvalue weighted by molar-refractivity contribution is 0.418. The predicted octanol–water partition coefficient (Wildman–Crippen LogP) is -3.38. The van der Waals surface area contributed by atoms with Gasteiger partial charge in [0.25, 0.3) is 0 Å². The lowest BCUT2D eigenvalue weighted by Crippen LogP contribution is -2.54. The Morgan fingerprint density at radius 3 is 1.08 bits per heavy atom. The summed E-state index contributed by atoms with van der Waals surface area (Å²) < 4.78 is 18.8. The van der Waals surface area contributed by atoms with Crippen molar-refractivity contribution in [3.05, 3.63) is 31.5 Å². The molecule has 1 aromatic rings. The third-order valence-electron chi connectivity index (χ3n) is 3.58. The van der Waals surface area contributed by atoms with Gasteiger partial charge in [-0.05, 0) is 18.1 Å². The number of aromatic nitrogens is 3. The molecule has 12 heteroatoms. The molecule has 0 atom stereocenters. The molecule has 1 rings (SSSR count). The molecule has 0 saturated carbocycles. The van der Waals surface area contributed by atoms with Crippen LogP contribution in [-0.4, -0.2) is 64.3 Å². The molecule has 1 aromatic heterocycles. The Kier molecular flexibility index (Phi) is 10.0. The van der Waals surface area contributed by atoms with Crippen molar-refractivity contribution in [3.63, 3.8) is 0 Å². The molecule has 0 radical (unpaired) electrons. The summed E-state index contributed by atoms with van der Waals surface area (Å²) in [5.41, 5.74) is -1.58. The van der Waals surface area contributed by atoms with Gasteiger partial charge in [-0.25, -0.2) is 28.1 Å². The summed E-state index contributed by atoms with van der Waals surface area (Å²) in [5.74, 6) is 0. The van der Waals surface area contributed by atoms with Gasteiger partial charge in [-0.3, -0.25) is 0 Å². The fourth-order valence-corrected chi connectivity index (χ4v) is 4.56. The molecule has 138 valence electrons. The third kappa shape index (κ3) is 5.78. The van der Waals surface area contributed by atoms with Crippen molar-refractivity contribution in [1.82, 2.24) is 13.7 Å². The Labute approximate surface area is 147 Å². The van der Waals surface area contributed by atoms with Gasteiger partial charge in [-0.2, -0.15) is 0 Å². The zero-order valence-corrected chi connectivity index (χ0v) is 18.9. The molecule has 0 N–H and O–H groups in total. The van der Waals surface area contributed by atoms with Crippen molar-refractivity contribution < 1.29 is 13.3 Å². The molecule has 0 aromatic carbocycles. The van der Waals surface area contributed by atoms with Gasteiger partial charge in [0.1, 0.15) is 0 Å². The molecule has 0 amide bonds. The van der Waals surface area contributed by atoms with Crippen molar-refractivity contribution in [2.45, 2.75) is 37.8 Å². The summed E-state index contributed by atoms with van der Waals surface area (Å²) in [6.45, 7) is 0.879. The smallest absolute Gasteiger partial charge is 0.336 e. The molecule has 0 aliphatic carbocycles. The first-order chi connectivity index (χ1) is 11.6. The maximum atomic E-state index is 12.5. The minimum absolute atomic E-state index is 0.293. The first kappa shape index (κ1) is 21.0. The summed E-state index contributed by atoms with van der Waals surface area (Å²) in [6, 6.07) is 2.01. The predicted molar refractivity (Wildman–Crippen MR) is 100 cm³/mol. The van der Waals surface area contributed by atoms with Crippen LogP contribution in [0.3, 0.4) is 0 Å². The standard InChI is InChI=1S/C12H27N3O6Si3/c1-19-22-7-4-13-10(16)14(5-8-23-20-2)12(18)15(11(13)17)6-9-24-21-3/h4-9,22-24H2,1-3H3. The van der Waals surface area contributed by atoms with E-state index in [1.807, 2.05) is 0 Å². The van der Waals surface area contributed by atoms with Crippen LogP contribution < -0.4 is 17.1 Å². The zero-order valence-electron chi connectivity index (χ0n) is 14.7. The zero-order chi connectivity index (χ0) is 17.9. The van der Waals surface area contributed by atoms with Gasteiger partial charge in [0, 0.05) is 41.0 Å². The molecule has 1 heterocycles. The highest BCUT2D eigenvalue weighted by atomic mass is 28.2. The number of rotatable bonds is 12. The van der Waals surface area contributed by atoms with E-state index in [0.717, 1.165) is 13.7 Å². The summed E-state index contributed by atoms with van der Waals surface area (Å²) in [5, 5.41) is 0. The second-order valence-electron chi connectivity index (χ2n) is 5.34. The van der Waals surface area contributed by atoms with Gasteiger partial charge in [0.2, 0.25) is 0 Å². The van der Waals surface area contributed by atoms with E-state index < -0.39 is 46.4 Å². The van der Waals surface area contributed by atoms with Gasteiger partial charge in [-0.1, -0.05) is 0 Å². The number of hydrogen-bond acceptors (Lipinski definition) is 6. The Balaban J connectivity index is 3.22. The number of hydrogen-bond donors (Lipinski definition) is 0. The van der Waals surface area contributed by atoms with Crippen molar-refractivity contribution in [2.24, 2.45) is 0 Å². The first-order valence-electron chi connectivity index (χ1n) is 7.99. The Hall–Kier alpha value is -1.06. The monoisotopic (exact) mass is 393 g/mol. The summed E-state index contributed by atoms with van der Waals surface area (Å²) in [7, 11) is 2.62. The molecule has 24 heavy (non-hydrogen) atoms. The highest BCUT2D eigenvalue weighted by molar-refractivity contribution is 6.27. The van der Waals surface area contributed by atoms with E-state index in [1.165, 1.54) is 0 Å². The second-order valence-corrected chi connectivity index (χ2v) is 10.4. The topological polar surface area (TPSA) is 93.7 Å². The Morgan fingerprint density at radius 1 is 0.625 bits per heavy atom. The first-order valence-corrected chi connectivity index (χ1v) is 12.7. The number of nitrogens with zero attached hydrogens (tertiary/aromatic N) is 3. The van der Waals surface area contributed by atoms with Gasteiger partial charge in [0.05, 0.1) is 0 Å². The normalized spacial score (nSPS) is 12.6. The highest BCUT2D eigenvalue weighted by Crippen LogP contribution is 1.88. The summed E-state index contributed by atoms with van der Waals surface area (Å²) in [6.07, 6.45) is 0. The van der Waals surface area contributed by atoms with E-state index in [-0.39, 0.29) is 0 Å². The lowest BCUT2D eigenvalue weighted by atomic mass is 10.6. The average molecular weight is 394 g/mol. The SMILES string of the molecule is CO[SiH2]CCn1c(=O)n(CC[SiH2]OC)c(=O)n(CC[SiH2]OC)c1=O. The maximum Gasteiger partial charge on any atom is 0.336 e. The van der Waals surface area contributed by atoms with Crippen molar-refractivity contribution in [3.8, 4) is 0 Å². The van der Waals surface area contributed by atoms with Crippen LogP contribution in [-0.2, 0) is 32.9 Å². The van der Waals surface area contributed by atoms with Crippen molar-refractivity contribution >= 4 is 29.3 Å². The van der Waals surface area contributed by atoms with Gasteiger partial charge in [-0.15, -0.1) is 0 Å². The summed E-state index contributed by atoms with van der Waals surface area (Å²) >= 11 is 0. The molecule has 0 bridgehead atoms.